The Morgan fingerprint density at radius 3 is 2.67 bits per heavy atom. The quantitative estimate of drug-likeness (QED) is 0.922. The van der Waals surface area contributed by atoms with E-state index in [1.165, 1.54) is 44.5 Å². The number of fused-ring (bicyclic) bond motifs is 1. The first-order valence-electron chi connectivity index (χ1n) is 8.11. The van der Waals surface area contributed by atoms with Crippen molar-refractivity contribution in [2.75, 3.05) is 18.4 Å². The monoisotopic (exact) mass is 283 g/mol. The highest BCUT2D eigenvalue weighted by atomic mass is 15.2. The van der Waals surface area contributed by atoms with Gasteiger partial charge in [0.2, 0.25) is 0 Å². The largest absolute Gasteiger partial charge is 0.382 e. The molecule has 0 aliphatic carbocycles. The fourth-order valence-corrected chi connectivity index (χ4v) is 3.64. The second-order valence-electron chi connectivity index (χ2n) is 7.01. The summed E-state index contributed by atoms with van der Waals surface area (Å²) in [5.41, 5.74) is 1.86. The molecule has 2 aliphatic heterocycles. The predicted octanol–water partition coefficient (Wildman–Crippen LogP) is 3.53. The van der Waals surface area contributed by atoms with Crippen molar-refractivity contribution >= 4 is 5.69 Å². The first-order valence-corrected chi connectivity index (χ1v) is 8.11. The second kappa shape index (κ2) is 5.69. The first kappa shape index (κ1) is 14.4. The number of anilines is 1. The van der Waals surface area contributed by atoms with Gasteiger partial charge in [-0.05, 0) is 63.8 Å². The molecule has 3 heteroatoms. The van der Waals surface area contributed by atoms with Gasteiger partial charge in [0.15, 0.2) is 0 Å². The van der Waals surface area contributed by atoms with Crippen molar-refractivity contribution in [3.8, 4) is 6.07 Å². The Hall–Kier alpha value is -1.53. The van der Waals surface area contributed by atoms with Gasteiger partial charge in [0.25, 0.3) is 0 Å². The summed E-state index contributed by atoms with van der Waals surface area (Å²) >= 11 is 0. The van der Waals surface area contributed by atoms with E-state index >= 15 is 0 Å². The van der Waals surface area contributed by atoms with Crippen LogP contribution in [0.4, 0.5) is 5.69 Å². The highest BCUT2D eigenvalue weighted by Crippen LogP contribution is 2.29. The van der Waals surface area contributed by atoms with Crippen LogP contribution in [0.2, 0.25) is 0 Å². The zero-order valence-electron chi connectivity index (χ0n) is 13.1. The van der Waals surface area contributed by atoms with Crippen LogP contribution < -0.4 is 5.32 Å². The molecule has 0 aromatic heterocycles. The molecule has 21 heavy (non-hydrogen) atoms. The van der Waals surface area contributed by atoms with Gasteiger partial charge in [-0.25, -0.2) is 0 Å². The molecule has 3 nitrogen and oxygen atoms in total. The fraction of sp³-hybridized carbons (Fsp3) is 0.611. The zero-order valence-corrected chi connectivity index (χ0v) is 13.1. The van der Waals surface area contributed by atoms with Crippen molar-refractivity contribution in [2.24, 2.45) is 0 Å². The molecule has 0 saturated carbocycles. The number of piperidine rings is 1. The molecule has 2 fully saturated rings. The summed E-state index contributed by atoms with van der Waals surface area (Å²) in [6.45, 7) is 6.47. The number of benzene rings is 1. The summed E-state index contributed by atoms with van der Waals surface area (Å²) < 4.78 is 0. The summed E-state index contributed by atoms with van der Waals surface area (Å²) in [5, 5.41) is 12.9. The Morgan fingerprint density at radius 2 is 1.95 bits per heavy atom. The predicted molar refractivity (Wildman–Crippen MR) is 86.3 cm³/mol. The fourth-order valence-electron chi connectivity index (χ4n) is 3.64. The minimum absolute atomic E-state index is 0.409. The average molecular weight is 283 g/mol. The molecule has 112 valence electrons. The van der Waals surface area contributed by atoms with Crippen LogP contribution >= 0.6 is 0 Å². The smallest absolute Gasteiger partial charge is 0.0766 e. The lowest BCUT2D eigenvalue weighted by molar-refractivity contribution is 0.188. The maximum atomic E-state index is 9.19. The van der Waals surface area contributed by atoms with E-state index in [1.807, 2.05) is 13.8 Å². The summed E-state index contributed by atoms with van der Waals surface area (Å²) in [5.74, 6) is 0. The van der Waals surface area contributed by atoms with E-state index in [0.29, 0.717) is 6.04 Å². The van der Waals surface area contributed by atoms with Gasteiger partial charge in [-0.15, -0.1) is 0 Å². The molecule has 2 saturated heterocycles. The molecule has 0 bridgehead atoms. The van der Waals surface area contributed by atoms with E-state index in [2.05, 4.69) is 40.6 Å². The number of nitriles is 1. The molecular weight excluding hydrogens is 258 g/mol. The number of nitrogens with one attached hydrogen (secondary N) is 1. The number of hydrogen-bond donors (Lipinski definition) is 1. The molecule has 2 unspecified atom stereocenters. The van der Waals surface area contributed by atoms with Crippen molar-refractivity contribution < 1.29 is 0 Å². The van der Waals surface area contributed by atoms with Crippen LogP contribution in [0, 0.1) is 11.3 Å². The molecule has 1 aromatic carbocycles. The lowest BCUT2D eigenvalue weighted by Gasteiger charge is -2.35. The van der Waals surface area contributed by atoms with Crippen LogP contribution in [0.1, 0.15) is 45.1 Å². The Labute approximate surface area is 128 Å². The van der Waals surface area contributed by atoms with Crippen LogP contribution in [0.5, 0.6) is 0 Å². The average Bonchev–Trinajstić information content (AvgIpc) is 2.95. The Balaban J connectivity index is 1.62. The standard InChI is InChI=1S/C18H25N3/c1-18(2,13-19)14-5-7-15(8-6-14)20-16-9-11-21-10-3-4-17(21)12-16/h5-8,16-17,20H,3-4,9-12H2,1-2H3. The molecular formula is C18H25N3. The second-order valence-corrected chi connectivity index (χ2v) is 7.01. The maximum absolute atomic E-state index is 9.19. The first-order chi connectivity index (χ1) is 10.1. The van der Waals surface area contributed by atoms with Crippen molar-refractivity contribution in [3.63, 3.8) is 0 Å². The number of hydrogen-bond acceptors (Lipinski definition) is 3. The van der Waals surface area contributed by atoms with Gasteiger partial charge < -0.3 is 10.2 Å². The van der Waals surface area contributed by atoms with Crippen LogP contribution in [-0.2, 0) is 5.41 Å². The van der Waals surface area contributed by atoms with Crippen molar-refractivity contribution in [1.29, 1.82) is 5.26 Å². The molecule has 3 rings (SSSR count). The van der Waals surface area contributed by atoms with Crippen molar-refractivity contribution in [1.82, 2.24) is 4.90 Å². The Morgan fingerprint density at radius 1 is 1.19 bits per heavy atom. The van der Waals surface area contributed by atoms with Crippen LogP contribution in [0.25, 0.3) is 0 Å². The van der Waals surface area contributed by atoms with E-state index < -0.39 is 5.41 Å². The molecule has 2 atom stereocenters. The Bertz CT molecular complexity index is 526. The van der Waals surface area contributed by atoms with E-state index in [1.54, 1.807) is 0 Å². The summed E-state index contributed by atoms with van der Waals surface area (Å²) in [6, 6.07) is 12.2. The van der Waals surface area contributed by atoms with Gasteiger partial charge in [0, 0.05) is 24.3 Å². The van der Waals surface area contributed by atoms with E-state index in [-0.39, 0.29) is 0 Å². The van der Waals surface area contributed by atoms with Gasteiger partial charge in [0.05, 0.1) is 11.5 Å². The normalized spacial score (nSPS) is 26.1. The minimum atomic E-state index is -0.409. The van der Waals surface area contributed by atoms with E-state index in [9.17, 15) is 5.26 Å². The summed E-state index contributed by atoms with van der Waals surface area (Å²) in [6.07, 6.45) is 5.25. The Kier molecular flexibility index (Phi) is 3.91. The third kappa shape index (κ3) is 3.06. The molecule has 0 radical (unpaired) electrons. The van der Waals surface area contributed by atoms with Crippen LogP contribution in [-0.4, -0.2) is 30.1 Å². The molecule has 0 spiro atoms. The molecule has 1 aromatic rings. The maximum Gasteiger partial charge on any atom is 0.0766 e. The van der Waals surface area contributed by atoms with Gasteiger partial charge >= 0.3 is 0 Å². The molecule has 1 N–H and O–H groups in total. The third-order valence-corrected chi connectivity index (χ3v) is 5.08. The van der Waals surface area contributed by atoms with Gasteiger partial charge in [-0.3, -0.25) is 0 Å². The lowest BCUT2D eigenvalue weighted by atomic mass is 9.86. The molecule has 2 aliphatic rings. The number of nitrogens with zero attached hydrogens (tertiary/aromatic N) is 2. The number of rotatable bonds is 3. The molecule has 2 heterocycles. The molecule has 0 amide bonds. The third-order valence-electron chi connectivity index (χ3n) is 5.08. The summed E-state index contributed by atoms with van der Waals surface area (Å²) in [4.78, 5) is 2.65. The van der Waals surface area contributed by atoms with Gasteiger partial charge in [-0.2, -0.15) is 5.26 Å². The SMILES string of the molecule is CC(C)(C#N)c1ccc(NC2CCN3CCCC3C2)cc1. The summed E-state index contributed by atoms with van der Waals surface area (Å²) in [7, 11) is 0. The van der Waals surface area contributed by atoms with Crippen molar-refractivity contribution in [2.45, 2.75) is 57.0 Å². The van der Waals surface area contributed by atoms with Gasteiger partial charge in [0.1, 0.15) is 0 Å². The topological polar surface area (TPSA) is 39.1 Å². The van der Waals surface area contributed by atoms with Gasteiger partial charge in [-0.1, -0.05) is 12.1 Å². The zero-order chi connectivity index (χ0) is 14.9. The lowest BCUT2D eigenvalue weighted by Crippen LogP contribution is -2.42. The van der Waals surface area contributed by atoms with E-state index in [4.69, 9.17) is 0 Å². The van der Waals surface area contributed by atoms with Crippen LogP contribution in [0.3, 0.4) is 0 Å². The highest BCUT2D eigenvalue weighted by Gasteiger charge is 2.31. The van der Waals surface area contributed by atoms with Crippen molar-refractivity contribution in [3.05, 3.63) is 29.8 Å². The van der Waals surface area contributed by atoms with Crippen LogP contribution in [0.15, 0.2) is 24.3 Å². The highest BCUT2D eigenvalue weighted by molar-refractivity contribution is 5.47. The minimum Gasteiger partial charge on any atom is -0.382 e. The van der Waals surface area contributed by atoms with E-state index in [0.717, 1.165) is 11.6 Å².